The van der Waals surface area contributed by atoms with Gasteiger partial charge in [0, 0.05) is 21.5 Å². The van der Waals surface area contributed by atoms with Crippen molar-refractivity contribution in [1.29, 1.82) is 0 Å². The molecule has 0 saturated carbocycles. The summed E-state index contributed by atoms with van der Waals surface area (Å²) in [5.74, 6) is -0.606. The predicted molar refractivity (Wildman–Crippen MR) is 86.6 cm³/mol. The van der Waals surface area contributed by atoms with Crippen LogP contribution in [0.2, 0.25) is 0 Å². The molecule has 0 unspecified atom stereocenters. The number of anilines is 1. The fraction of sp³-hybridized carbons (Fsp3) is 0. The van der Waals surface area contributed by atoms with Crippen molar-refractivity contribution < 1.29 is 9.18 Å². The summed E-state index contributed by atoms with van der Waals surface area (Å²) in [5, 5.41) is 2.76. The second-order valence-corrected chi connectivity index (χ2v) is 5.50. The molecule has 2 aromatic carbocycles. The van der Waals surface area contributed by atoms with Crippen molar-refractivity contribution in [2.24, 2.45) is 0 Å². The maximum absolute atomic E-state index is 13.0. The van der Waals surface area contributed by atoms with Crippen LogP contribution in [0, 0.1) is 9.39 Å². The number of hydrogen-bond donors (Lipinski definition) is 1. The predicted octanol–water partition coefficient (Wildman–Crippen LogP) is 3.63. The quantitative estimate of drug-likeness (QED) is 0.677. The fourth-order valence-electron chi connectivity index (χ4n) is 1.89. The molecule has 0 radical (unpaired) electrons. The van der Waals surface area contributed by atoms with Gasteiger partial charge in [-0.25, -0.2) is 4.39 Å². The zero-order chi connectivity index (χ0) is 14.8. The molecule has 1 amide bonds. The minimum Gasteiger partial charge on any atom is -0.321 e. The summed E-state index contributed by atoms with van der Waals surface area (Å²) in [6, 6.07) is 9.31. The minimum atomic E-state index is -0.335. The molecule has 104 valence electrons. The van der Waals surface area contributed by atoms with E-state index in [2.05, 4.69) is 15.3 Å². The highest BCUT2D eigenvalue weighted by atomic mass is 127. The molecule has 3 rings (SSSR count). The van der Waals surface area contributed by atoms with Crippen LogP contribution >= 0.6 is 22.6 Å². The molecule has 21 heavy (non-hydrogen) atoms. The van der Waals surface area contributed by atoms with Crippen molar-refractivity contribution in [2.75, 3.05) is 5.32 Å². The Balaban J connectivity index is 1.89. The Bertz CT molecular complexity index is 838. The zero-order valence-electron chi connectivity index (χ0n) is 10.7. The highest BCUT2D eigenvalue weighted by Gasteiger charge is 2.10. The van der Waals surface area contributed by atoms with E-state index < -0.39 is 0 Å². The monoisotopic (exact) mass is 393 g/mol. The highest BCUT2D eigenvalue weighted by molar-refractivity contribution is 14.1. The molecule has 1 N–H and O–H groups in total. The van der Waals surface area contributed by atoms with Gasteiger partial charge in [-0.15, -0.1) is 0 Å². The van der Waals surface area contributed by atoms with Gasteiger partial charge in [0.25, 0.3) is 5.91 Å². The van der Waals surface area contributed by atoms with Gasteiger partial charge >= 0.3 is 0 Å². The number of halogens is 2. The molecular weight excluding hydrogens is 384 g/mol. The highest BCUT2D eigenvalue weighted by Crippen LogP contribution is 2.20. The van der Waals surface area contributed by atoms with Crippen molar-refractivity contribution >= 4 is 45.2 Å². The maximum atomic E-state index is 13.0. The first-order chi connectivity index (χ1) is 10.1. The zero-order valence-corrected chi connectivity index (χ0v) is 12.8. The number of nitrogens with one attached hydrogen (secondary N) is 1. The SMILES string of the molecule is O=C(Nc1ccc(F)cc1I)c1ccc2nccnc2c1. The molecule has 0 aliphatic rings. The van der Waals surface area contributed by atoms with Crippen LogP contribution in [0.25, 0.3) is 11.0 Å². The van der Waals surface area contributed by atoms with Gasteiger partial charge < -0.3 is 5.32 Å². The van der Waals surface area contributed by atoms with Crippen LogP contribution < -0.4 is 5.32 Å². The second kappa shape index (κ2) is 5.72. The summed E-state index contributed by atoms with van der Waals surface area (Å²) in [6.45, 7) is 0. The van der Waals surface area contributed by atoms with Crippen molar-refractivity contribution in [3.63, 3.8) is 0 Å². The van der Waals surface area contributed by atoms with Crippen LogP contribution in [0.3, 0.4) is 0 Å². The van der Waals surface area contributed by atoms with Crippen LogP contribution in [0.1, 0.15) is 10.4 Å². The lowest BCUT2D eigenvalue weighted by atomic mass is 10.1. The number of fused-ring (bicyclic) bond motifs is 1. The Morgan fingerprint density at radius 3 is 2.57 bits per heavy atom. The van der Waals surface area contributed by atoms with Crippen LogP contribution in [-0.4, -0.2) is 15.9 Å². The Morgan fingerprint density at radius 1 is 1.05 bits per heavy atom. The molecular formula is C15H9FIN3O. The van der Waals surface area contributed by atoms with E-state index in [-0.39, 0.29) is 11.7 Å². The third-order valence-electron chi connectivity index (χ3n) is 2.91. The van der Waals surface area contributed by atoms with Crippen LogP contribution in [0.5, 0.6) is 0 Å². The lowest BCUT2D eigenvalue weighted by Crippen LogP contribution is -2.13. The van der Waals surface area contributed by atoms with E-state index in [0.717, 1.165) is 5.52 Å². The number of carbonyl (C=O) groups is 1. The fourth-order valence-corrected chi connectivity index (χ4v) is 2.50. The van der Waals surface area contributed by atoms with Gasteiger partial charge in [0.1, 0.15) is 5.82 Å². The van der Waals surface area contributed by atoms with Gasteiger partial charge in [0.2, 0.25) is 0 Å². The lowest BCUT2D eigenvalue weighted by molar-refractivity contribution is 0.102. The van der Waals surface area contributed by atoms with Crippen molar-refractivity contribution in [3.05, 3.63) is 63.7 Å². The molecule has 0 spiro atoms. The molecule has 6 heteroatoms. The third kappa shape index (κ3) is 2.99. The van der Waals surface area contributed by atoms with Crippen LogP contribution in [-0.2, 0) is 0 Å². The molecule has 0 bridgehead atoms. The standard InChI is InChI=1S/C15H9FIN3O/c16-10-2-4-12(11(17)8-10)20-15(21)9-1-3-13-14(7-9)19-6-5-18-13/h1-8H,(H,20,21). The van der Waals surface area contributed by atoms with E-state index >= 15 is 0 Å². The maximum Gasteiger partial charge on any atom is 0.255 e. The second-order valence-electron chi connectivity index (χ2n) is 4.34. The molecule has 3 aromatic rings. The number of nitrogens with zero attached hydrogens (tertiary/aromatic N) is 2. The van der Waals surface area contributed by atoms with E-state index in [1.165, 1.54) is 18.2 Å². The summed E-state index contributed by atoms with van der Waals surface area (Å²) in [6.07, 6.45) is 3.18. The van der Waals surface area contributed by atoms with Crippen molar-refractivity contribution in [2.45, 2.75) is 0 Å². The van der Waals surface area contributed by atoms with Gasteiger partial charge in [-0.1, -0.05) is 0 Å². The average molecular weight is 393 g/mol. The number of aromatic nitrogens is 2. The summed E-state index contributed by atoms with van der Waals surface area (Å²) in [7, 11) is 0. The molecule has 4 nitrogen and oxygen atoms in total. The van der Waals surface area contributed by atoms with E-state index in [4.69, 9.17) is 0 Å². The van der Waals surface area contributed by atoms with Gasteiger partial charge in [-0.3, -0.25) is 14.8 Å². The Hall–Kier alpha value is -2.09. The lowest BCUT2D eigenvalue weighted by Gasteiger charge is -2.08. The molecule has 0 aliphatic carbocycles. The van der Waals surface area contributed by atoms with Crippen LogP contribution in [0.15, 0.2) is 48.8 Å². The van der Waals surface area contributed by atoms with Gasteiger partial charge in [0.05, 0.1) is 16.7 Å². The molecule has 1 heterocycles. The molecule has 0 saturated heterocycles. The van der Waals surface area contributed by atoms with Crippen molar-refractivity contribution in [3.8, 4) is 0 Å². The number of rotatable bonds is 2. The van der Waals surface area contributed by atoms with E-state index in [1.54, 1.807) is 30.6 Å². The minimum absolute atomic E-state index is 0.271. The Labute approximate surface area is 133 Å². The molecule has 0 atom stereocenters. The van der Waals surface area contributed by atoms with Gasteiger partial charge in [0.15, 0.2) is 0 Å². The third-order valence-corrected chi connectivity index (χ3v) is 3.80. The smallest absolute Gasteiger partial charge is 0.255 e. The Kier molecular flexibility index (Phi) is 3.78. The largest absolute Gasteiger partial charge is 0.321 e. The number of hydrogen-bond acceptors (Lipinski definition) is 3. The normalized spacial score (nSPS) is 10.6. The van der Waals surface area contributed by atoms with Gasteiger partial charge in [-0.2, -0.15) is 0 Å². The van der Waals surface area contributed by atoms with Gasteiger partial charge in [-0.05, 0) is 59.0 Å². The van der Waals surface area contributed by atoms with E-state index in [9.17, 15) is 9.18 Å². The number of benzene rings is 2. The van der Waals surface area contributed by atoms with E-state index in [1.807, 2.05) is 22.6 Å². The average Bonchev–Trinajstić information content (AvgIpc) is 2.49. The topological polar surface area (TPSA) is 54.9 Å². The van der Waals surface area contributed by atoms with E-state index in [0.29, 0.717) is 20.3 Å². The number of carbonyl (C=O) groups excluding carboxylic acids is 1. The van der Waals surface area contributed by atoms with Crippen LogP contribution in [0.4, 0.5) is 10.1 Å². The first-order valence-corrected chi connectivity index (χ1v) is 7.18. The molecule has 0 aliphatic heterocycles. The Morgan fingerprint density at radius 2 is 1.81 bits per heavy atom. The molecule has 1 aromatic heterocycles. The first-order valence-electron chi connectivity index (χ1n) is 6.11. The number of amides is 1. The first kappa shape index (κ1) is 13.9. The summed E-state index contributed by atoms with van der Waals surface area (Å²) >= 11 is 1.98. The summed E-state index contributed by atoms with van der Waals surface area (Å²) in [4.78, 5) is 20.6. The summed E-state index contributed by atoms with van der Waals surface area (Å²) in [5.41, 5.74) is 2.42. The summed E-state index contributed by atoms with van der Waals surface area (Å²) < 4.78 is 13.7. The van der Waals surface area contributed by atoms with Crippen molar-refractivity contribution in [1.82, 2.24) is 9.97 Å². The molecule has 0 fully saturated rings.